The normalized spacial score (nSPS) is 40.1. The first-order valence-corrected chi connectivity index (χ1v) is 9.65. The summed E-state index contributed by atoms with van der Waals surface area (Å²) in [4.78, 5) is 0.928. The molecule has 4 saturated carbocycles. The van der Waals surface area contributed by atoms with Gasteiger partial charge in [0.15, 0.2) is 0 Å². The lowest BCUT2D eigenvalue weighted by atomic mass is 9.48. The molecule has 2 atom stereocenters. The van der Waals surface area contributed by atoms with Gasteiger partial charge in [-0.25, -0.2) is 0 Å². The van der Waals surface area contributed by atoms with Gasteiger partial charge in [0.2, 0.25) is 0 Å². The standard InChI is InChI=1S/C18H25NOS/c19-17(12-21(20)16-4-2-1-3-5-16)18-9-13-6-14(10-18)8-15(7-13)11-18/h1-5,13-15,17H,6-12,19H2. The number of rotatable bonds is 4. The molecule has 0 heterocycles. The van der Waals surface area contributed by atoms with Gasteiger partial charge < -0.3 is 5.73 Å². The molecular weight excluding hydrogens is 278 g/mol. The van der Waals surface area contributed by atoms with Crippen LogP contribution < -0.4 is 5.73 Å². The maximum Gasteiger partial charge on any atom is 0.0545 e. The molecule has 0 spiro atoms. The molecule has 4 aliphatic rings. The Morgan fingerprint density at radius 3 is 2.10 bits per heavy atom. The molecule has 114 valence electrons. The van der Waals surface area contributed by atoms with E-state index in [4.69, 9.17) is 5.73 Å². The summed E-state index contributed by atoms with van der Waals surface area (Å²) in [5.41, 5.74) is 6.92. The van der Waals surface area contributed by atoms with Crippen LogP contribution in [0.3, 0.4) is 0 Å². The van der Waals surface area contributed by atoms with Crippen LogP contribution in [-0.4, -0.2) is 16.0 Å². The smallest absolute Gasteiger partial charge is 0.0545 e. The van der Waals surface area contributed by atoms with Crippen molar-refractivity contribution in [3.8, 4) is 0 Å². The van der Waals surface area contributed by atoms with Gasteiger partial charge in [0.05, 0.1) is 10.8 Å². The zero-order valence-corrected chi connectivity index (χ0v) is 13.4. The molecule has 0 aliphatic heterocycles. The van der Waals surface area contributed by atoms with Crippen molar-refractivity contribution >= 4 is 10.8 Å². The Morgan fingerprint density at radius 2 is 1.57 bits per heavy atom. The Balaban J connectivity index is 1.50. The highest BCUT2D eigenvalue weighted by molar-refractivity contribution is 7.85. The van der Waals surface area contributed by atoms with E-state index < -0.39 is 10.8 Å². The summed E-state index contributed by atoms with van der Waals surface area (Å²) in [6.45, 7) is 0. The zero-order valence-electron chi connectivity index (χ0n) is 12.5. The molecule has 4 fully saturated rings. The van der Waals surface area contributed by atoms with Gasteiger partial charge in [0, 0.05) is 16.7 Å². The lowest BCUT2D eigenvalue weighted by molar-refractivity contribution is -0.0630. The lowest BCUT2D eigenvalue weighted by Gasteiger charge is -2.58. The van der Waals surface area contributed by atoms with E-state index in [1.165, 1.54) is 38.5 Å². The Labute approximate surface area is 130 Å². The van der Waals surface area contributed by atoms with Crippen molar-refractivity contribution in [2.45, 2.75) is 49.5 Å². The Morgan fingerprint density at radius 1 is 1.05 bits per heavy atom. The first kappa shape index (κ1) is 14.0. The molecule has 4 bridgehead atoms. The molecule has 3 heteroatoms. The minimum atomic E-state index is -0.951. The molecule has 1 aromatic rings. The monoisotopic (exact) mass is 303 g/mol. The van der Waals surface area contributed by atoms with Crippen molar-refractivity contribution in [3.63, 3.8) is 0 Å². The Hall–Kier alpha value is -0.670. The Bertz CT molecular complexity index is 506. The second-order valence-corrected chi connectivity index (χ2v) is 9.21. The van der Waals surface area contributed by atoms with Gasteiger partial charge in [-0.3, -0.25) is 4.21 Å². The number of hydrogen-bond donors (Lipinski definition) is 1. The second-order valence-electron chi connectivity index (χ2n) is 7.71. The van der Waals surface area contributed by atoms with Gasteiger partial charge in [0.25, 0.3) is 0 Å². The van der Waals surface area contributed by atoms with Gasteiger partial charge in [-0.05, 0) is 73.8 Å². The molecule has 0 radical (unpaired) electrons. The summed E-state index contributed by atoms with van der Waals surface area (Å²) >= 11 is 0. The van der Waals surface area contributed by atoms with E-state index in [9.17, 15) is 4.21 Å². The van der Waals surface area contributed by atoms with E-state index in [1.54, 1.807) is 0 Å². The van der Waals surface area contributed by atoms with E-state index in [1.807, 2.05) is 30.3 Å². The van der Waals surface area contributed by atoms with Crippen LogP contribution in [0.1, 0.15) is 38.5 Å². The Kier molecular flexibility index (Phi) is 3.46. The fourth-order valence-corrected chi connectivity index (χ4v) is 6.97. The largest absolute Gasteiger partial charge is 0.326 e. The van der Waals surface area contributed by atoms with Gasteiger partial charge in [-0.15, -0.1) is 0 Å². The van der Waals surface area contributed by atoms with E-state index in [0.29, 0.717) is 11.2 Å². The topological polar surface area (TPSA) is 43.1 Å². The molecule has 4 aliphatic carbocycles. The molecule has 1 aromatic carbocycles. The summed E-state index contributed by atoms with van der Waals surface area (Å²) < 4.78 is 12.6. The third-order valence-corrected chi connectivity index (χ3v) is 7.67. The molecule has 5 rings (SSSR count). The number of benzene rings is 1. The van der Waals surface area contributed by atoms with Crippen molar-refractivity contribution in [2.24, 2.45) is 28.9 Å². The molecule has 21 heavy (non-hydrogen) atoms. The first-order chi connectivity index (χ1) is 10.1. The van der Waals surface area contributed by atoms with E-state index in [-0.39, 0.29) is 6.04 Å². The number of nitrogens with two attached hydrogens (primary N) is 1. The fourth-order valence-electron chi connectivity index (χ4n) is 5.64. The van der Waals surface area contributed by atoms with Crippen molar-refractivity contribution in [1.29, 1.82) is 0 Å². The number of hydrogen-bond acceptors (Lipinski definition) is 2. The third kappa shape index (κ3) is 2.49. The van der Waals surface area contributed by atoms with Crippen LogP contribution in [0.15, 0.2) is 35.2 Å². The SMILES string of the molecule is NC(CS(=O)c1ccccc1)C12CC3CC(CC(C3)C1)C2. The van der Waals surface area contributed by atoms with E-state index in [2.05, 4.69) is 0 Å². The highest BCUT2D eigenvalue weighted by Gasteiger charge is 2.53. The van der Waals surface area contributed by atoms with Crippen molar-refractivity contribution in [1.82, 2.24) is 0 Å². The second kappa shape index (κ2) is 5.20. The summed E-state index contributed by atoms with van der Waals surface area (Å²) in [5, 5.41) is 0. The average Bonchev–Trinajstić information content (AvgIpc) is 2.46. The summed E-state index contributed by atoms with van der Waals surface area (Å²) in [6, 6.07) is 9.92. The minimum Gasteiger partial charge on any atom is -0.326 e. The summed E-state index contributed by atoms with van der Waals surface area (Å²) in [7, 11) is -0.951. The fraction of sp³-hybridized carbons (Fsp3) is 0.667. The van der Waals surface area contributed by atoms with E-state index in [0.717, 1.165) is 22.6 Å². The molecule has 2 unspecified atom stereocenters. The van der Waals surface area contributed by atoms with Crippen LogP contribution in [-0.2, 0) is 10.8 Å². The summed E-state index contributed by atoms with van der Waals surface area (Å²) in [6.07, 6.45) is 8.21. The minimum absolute atomic E-state index is 0.104. The van der Waals surface area contributed by atoms with Crippen LogP contribution >= 0.6 is 0 Å². The van der Waals surface area contributed by atoms with Crippen molar-refractivity contribution in [3.05, 3.63) is 30.3 Å². The van der Waals surface area contributed by atoms with E-state index >= 15 is 0 Å². The van der Waals surface area contributed by atoms with Gasteiger partial charge in [-0.1, -0.05) is 18.2 Å². The predicted molar refractivity (Wildman–Crippen MR) is 86.3 cm³/mol. The first-order valence-electron chi connectivity index (χ1n) is 8.34. The molecule has 2 nitrogen and oxygen atoms in total. The van der Waals surface area contributed by atoms with Gasteiger partial charge in [-0.2, -0.15) is 0 Å². The predicted octanol–water partition coefficient (Wildman–Crippen LogP) is 3.34. The van der Waals surface area contributed by atoms with Crippen LogP contribution in [0.5, 0.6) is 0 Å². The van der Waals surface area contributed by atoms with Gasteiger partial charge in [0.1, 0.15) is 0 Å². The highest BCUT2D eigenvalue weighted by Crippen LogP contribution is 2.61. The molecule has 0 saturated heterocycles. The zero-order chi connectivity index (χ0) is 14.4. The molecule has 2 N–H and O–H groups in total. The van der Waals surface area contributed by atoms with Crippen LogP contribution in [0.25, 0.3) is 0 Å². The average molecular weight is 303 g/mol. The molecular formula is C18H25NOS. The highest BCUT2D eigenvalue weighted by atomic mass is 32.2. The van der Waals surface area contributed by atoms with Crippen molar-refractivity contribution < 1.29 is 4.21 Å². The van der Waals surface area contributed by atoms with Crippen LogP contribution in [0, 0.1) is 23.2 Å². The third-order valence-electron chi connectivity index (χ3n) is 6.21. The maximum atomic E-state index is 12.6. The van der Waals surface area contributed by atoms with Crippen molar-refractivity contribution in [2.75, 3.05) is 5.75 Å². The van der Waals surface area contributed by atoms with Gasteiger partial charge >= 0.3 is 0 Å². The lowest BCUT2D eigenvalue weighted by Crippen LogP contribution is -2.56. The van der Waals surface area contributed by atoms with Crippen LogP contribution in [0.2, 0.25) is 0 Å². The quantitative estimate of drug-likeness (QED) is 0.927. The van der Waals surface area contributed by atoms with Crippen LogP contribution in [0.4, 0.5) is 0 Å². The maximum absolute atomic E-state index is 12.6. The molecule has 0 aromatic heterocycles. The summed E-state index contributed by atoms with van der Waals surface area (Å²) in [5.74, 6) is 3.36. The molecule has 0 amide bonds.